The molecule has 1 saturated heterocycles. The minimum absolute atomic E-state index is 0.0754. The number of ether oxygens (including phenoxy) is 1. The molecule has 0 aliphatic carbocycles. The monoisotopic (exact) mass is 413 g/mol. The van der Waals surface area contributed by atoms with E-state index >= 15 is 0 Å². The van der Waals surface area contributed by atoms with Crippen molar-refractivity contribution in [3.8, 4) is 5.75 Å². The molecule has 2 unspecified atom stereocenters. The first-order valence-electron chi connectivity index (χ1n) is 10.1. The zero-order valence-electron chi connectivity index (χ0n) is 17.6. The van der Waals surface area contributed by atoms with Crippen LogP contribution in [0.5, 0.6) is 5.75 Å². The molecule has 1 aliphatic heterocycles. The maximum absolute atomic E-state index is 13.6. The number of amides is 2. The third kappa shape index (κ3) is 5.16. The van der Waals surface area contributed by atoms with Crippen molar-refractivity contribution in [3.63, 3.8) is 0 Å². The zero-order valence-corrected chi connectivity index (χ0v) is 17.6. The van der Waals surface area contributed by atoms with E-state index in [4.69, 9.17) is 4.74 Å². The lowest BCUT2D eigenvalue weighted by Gasteiger charge is -2.25. The van der Waals surface area contributed by atoms with Gasteiger partial charge < -0.3 is 19.9 Å². The van der Waals surface area contributed by atoms with Crippen LogP contribution >= 0.6 is 0 Å². The van der Waals surface area contributed by atoms with Crippen LogP contribution in [0.1, 0.15) is 24.9 Å². The Morgan fingerprint density at radius 1 is 1.27 bits per heavy atom. The molecular weight excluding hydrogens is 385 g/mol. The number of carbonyl (C=O) groups is 2. The lowest BCUT2D eigenvalue weighted by atomic mass is 10.0. The summed E-state index contributed by atoms with van der Waals surface area (Å²) in [6, 6.07) is 13.5. The van der Waals surface area contributed by atoms with Crippen molar-refractivity contribution in [2.75, 3.05) is 38.7 Å². The Kier molecular flexibility index (Phi) is 7.05. The Balaban J connectivity index is 1.61. The van der Waals surface area contributed by atoms with Gasteiger partial charge in [-0.05, 0) is 63.0 Å². The number of benzene rings is 2. The molecule has 1 heterocycles. The average molecular weight is 413 g/mol. The number of anilines is 1. The number of nitrogens with zero attached hydrogens (tertiary/aromatic N) is 2. The fourth-order valence-electron chi connectivity index (χ4n) is 3.68. The van der Waals surface area contributed by atoms with Crippen molar-refractivity contribution >= 4 is 17.5 Å². The molecule has 1 aliphatic rings. The summed E-state index contributed by atoms with van der Waals surface area (Å²) in [6.45, 7) is 3.17. The molecule has 0 aromatic heterocycles. The number of carbonyl (C=O) groups excluding carboxylic acids is 2. The van der Waals surface area contributed by atoms with E-state index in [1.165, 1.54) is 12.1 Å². The largest absolute Gasteiger partial charge is 0.494 e. The van der Waals surface area contributed by atoms with Crippen molar-refractivity contribution in [3.05, 3.63) is 59.9 Å². The maximum atomic E-state index is 13.6. The lowest BCUT2D eigenvalue weighted by Crippen LogP contribution is -2.38. The average Bonchev–Trinajstić information content (AvgIpc) is 3.10. The van der Waals surface area contributed by atoms with E-state index in [1.54, 1.807) is 11.0 Å². The van der Waals surface area contributed by atoms with Crippen LogP contribution in [0.2, 0.25) is 0 Å². The van der Waals surface area contributed by atoms with Crippen LogP contribution in [0, 0.1) is 11.7 Å². The summed E-state index contributed by atoms with van der Waals surface area (Å²) >= 11 is 0. The first kappa shape index (κ1) is 21.8. The van der Waals surface area contributed by atoms with Crippen LogP contribution in [0.25, 0.3) is 0 Å². The maximum Gasteiger partial charge on any atom is 0.227 e. The molecule has 2 atom stereocenters. The summed E-state index contributed by atoms with van der Waals surface area (Å²) in [4.78, 5) is 28.8. The van der Waals surface area contributed by atoms with E-state index in [-0.39, 0.29) is 30.1 Å². The Hall–Kier alpha value is -2.93. The molecule has 1 N–H and O–H groups in total. The minimum Gasteiger partial charge on any atom is -0.494 e. The Morgan fingerprint density at radius 3 is 2.63 bits per heavy atom. The molecule has 3 rings (SSSR count). The summed E-state index contributed by atoms with van der Waals surface area (Å²) < 4.78 is 19.0. The minimum atomic E-state index is -0.417. The number of rotatable bonds is 8. The standard InChI is InChI=1S/C23H28FN3O3/c1-4-30-20-10-8-19(9-11-20)27-15-17(13-22(27)28)23(29)25-14-21(26(2)3)16-6-5-7-18(24)12-16/h5-12,17,21H,4,13-15H2,1-3H3,(H,25,29). The van der Waals surface area contributed by atoms with Gasteiger partial charge in [-0.25, -0.2) is 4.39 Å². The predicted octanol–water partition coefficient (Wildman–Crippen LogP) is 3.00. The fourth-order valence-corrected chi connectivity index (χ4v) is 3.68. The second-order valence-electron chi connectivity index (χ2n) is 7.61. The molecule has 2 amide bonds. The van der Waals surface area contributed by atoms with Gasteiger partial charge in [-0.15, -0.1) is 0 Å². The van der Waals surface area contributed by atoms with E-state index < -0.39 is 5.92 Å². The summed E-state index contributed by atoms with van der Waals surface area (Å²) in [5.41, 5.74) is 1.54. The zero-order chi connectivity index (χ0) is 21.7. The van der Waals surface area contributed by atoms with Crippen LogP contribution in [-0.4, -0.2) is 50.5 Å². The van der Waals surface area contributed by atoms with Gasteiger partial charge in [-0.1, -0.05) is 12.1 Å². The third-order valence-electron chi connectivity index (χ3n) is 5.28. The number of nitrogens with one attached hydrogen (secondary N) is 1. The second kappa shape index (κ2) is 9.71. The van der Waals surface area contributed by atoms with Crippen LogP contribution in [-0.2, 0) is 9.59 Å². The van der Waals surface area contributed by atoms with E-state index in [0.29, 0.717) is 19.7 Å². The summed E-state index contributed by atoms with van der Waals surface area (Å²) in [6.07, 6.45) is 0.172. The Bertz CT molecular complexity index is 886. The third-order valence-corrected chi connectivity index (χ3v) is 5.28. The van der Waals surface area contributed by atoms with E-state index in [0.717, 1.165) is 17.0 Å². The lowest BCUT2D eigenvalue weighted by molar-refractivity contribution is -0.126. The van der Waals surface area contributed by atoms with Crippen molar-refractivity contribution in [1.82, 2.24) is 10.2 Å². The van der Waals surface area contributed by atoms with Crippen molar-refractivity contribution in [1.29, 1.82) is 0 Å². The number of likely N-dealkylation sites (N-methyl/N-ethyl adjacent to an activating group) is 1. The molecule has 7 heteroatoms. The highest BCUT2D eigenvalue weighted by Gasteiger charge is 2.35. The fraction of sp³-hybridized carbons (Fsp3) is 0.391. The smallest absolute Gasteiger partial charge is 0.227 e. The van der Waals surface area contributed by atoms with Gasteiger partial charge in [0.05, 0.1) is 18.6 Å². The van der Waals surface area contributed by atoms with Gasteiger partial charge in [0.1, 0.15) is 11.6 Å². The molecule has 2 aromatic carbocycles. The van der Waals surface area contributed by atoms with Gasteiger partial charge in [0.15, 0.2) is 0 Å². The highest BCUT2D eigenvalue weighted by atomic mass is 19.1. The van der Waals surface area contributed by atoms with E-state index in [2.05, 4.69) is 5.32 Å². The van der Waals surface area contributed by atoms with Crippen LogP contribution in [0.4, 0.5) is 10.1 Å². The summed E-state index contributed by atoms with van der Waals surface area (Å²) in [5, 5.41) is 2.94. The van der Waals surface area contributed by atoms with Crippen molar-refractivity contribution in [2.45, 2.75) is 19.4 Å². The number of hydrogen-bond acceptors (Lipinski definition) is 4. The number of halogens is 1. The molecule has 1 fully saturated rings. The van der Waals surface area contributed by atoms with Crippen LogP contribution in [0.15, 0.2) is 48.5 Å². The quantitative estimate of drug-likeness (QED) is 0.723. The van der Waals surface area contributed by atoms with Gasteiger partial charge in [-0.2, -0.15) is 0 Å². The first-order chi connectivity index (χ1) is 14.4. The molecule has 30 heavy (non-hydrogen) atoms. The van der Waals surface area contributed by atoms with Crippen molar-refractivity contribution < 1.29 is 18.7 Å². The van der Waals surface area contributed by atoms with Crippen molar-refractivity contribution in [2.24, 2.45) is 5.92 Å². The summed E-state index contributed by atoms with van der Waals surface area (Å²) in [7, 11) is 3.77. The van der Waals surface area contributed by atoms with E-state index in [9.17, 15) is 14.0 Å². The number of hydrogen-bond donors (Lipinski definition) is 1. The van der Waals surface area contributed by atoms with Gasteiger partial charge >= 0.3 is 0 Å². The SMILES string of the molecule is CCOc1ccc(N2CC(C(=O)NCC(c3cccc(F)c3)N(C)C)CC2=O)cc1. The van der Waals surface area contributed by atoms with Gasteiger partial charge in [0.25, 0.3) is 0 Å². The predicted molar refractivity (Wildman–Crippen MR) is 114 cm³/mol. The second-order valence-corrected chi connectivity index (χ2v) is 7.61. The molecule has 6 nitrogen and oxygen atoms in total. The molecule has 0 bridgehead atoms. The van der Waals surface area contributed by atoms with Gasteiger partial charge in [0, 0.05) is 25.2 Å². The molecular formula is C23H28FN3O3. The van der Waals surface area contributed by atoms with Gasteiger partial charge in [0.2, 0.25) is 11.8 Å². The van der Waals surface area contributed by atoms with E-state index in [1.807, 2.05) is 56.3 Å². The first-order valence-corrected chi connectivity index (χ1v) is 10.1. The van der Waals surface area contributed by atoms with Crippen LogP contribution in [0.3, 0.4) is 0 Å². The molecule has 0 saturated carbocycles. The molecule has 0 radical (unpaired) electrons. The molecule has 160 valence electrons. The highest BCUT2D eigenvalue weighted by molar-refractivity contribution is 6.00. The molecule has 2 aromatic rings. The Morgan fingerprint density at radius 2 is 2.00 bits per heavy atom. The topological polar surface area (TPSA) is 61.9 Å². The van der Waals surface area contributed by atoms with Gasteiger partial charge in [-0.3, -0.25) is 9.59 Å². The van der Waals surface area contributed by atoms with Crippen LogP contribution < -0.4 is 15.0 Å². The normalized spacial score (nSPS) is 17.3. The Labute approximate surface area is 176 Å². The molecule has 0 spiro atoms. The highest BCUT2D eigenvalue weighted by Crippen LogP contribution is 2.27. The summed E-state index contributed by atoms with van der Waals surface area (Å²) in [5.74, 6) is -0.222.